The van der Waals surface area contributed by atoms with Gasteiger partial charge in [-0.3, -0.25) is 14.9 Å². The molecule has 3 heterocycles. The van der Waals surface area contributed by atoms with E-state index >= 15 is 0 Å². The van der Waals surface area contributed by atoms with E-state index in [9.17, 15) is 9.50 Å². The van der Waals surface area contributed by atoms with Crippen LogP contribution in [0.5, 0.6) is 5.75 Å². The Kier molecular flexibility index (Phi) is 5.64. The summed E-state index contributed by atoms with van der Waals surface area (Å²) >= 11 is 6.59. The van der Waals surface area contributed by atoms with Gasteiger partial charge in [0.05, 0.1) is 22.4 Å². The van der Waals surface area contributed by atoms with Crippen molar-refractivity contribution in [2.75, 3.05) is 31.1 Å². The van der Waals surface area contributed by atoms with Gasteiger partial charge in [-0.2, -0.15) is 0 Å². The molecule has 0 saturated carbocycles. The van der Waals surface area contributed by atoms with E-state index in [4.69, 9.17) is 11.6 Å². The Bertz CT molecular complexity index is 1250. The number of anilines is 1. The van der Waals surface area contributed by atoms with Crippen molar-refractivity contribution in [3.05, 3.63) is 95.2 Å². The Labute approximate surface area is 190 Å². The van der Waals surface area contributed by atoms with E-state index in [1.807, 2.05) is 42.5 Å². The second kappa shape index (κ2) is 8.73. The van der Waals surface area contributed by atoms with Crippen LogP contribution in [0.4, 0.5) is 10.1 Å². The minimum Gasteiger partial charge on any atom is -0.505 e. The van der Waals surface area contributed by atoms with E-state index in [0.29, 0.717) is 53.4 Å². The number of aromatic nitrogens is 2. The van der Waals surface area contributed by atoms with E-state index < -0.39 is 0 Å². The highest BCUT2D eigenvalue weighted by molar-refractivity contribution is 6.35. The van der Waals surface area contributed by atoms with Gasteiger partial charge in [0.2, 0.25) is 0 Å². The molecule has 5 rings (SSSR count). The minimum atomic E-state index is -0.303. The second-order valence-corrected chi connectivity index (χ2v) is 8.23. The molecule has 0 radical (unpaired) electrons. The summed E-state index contributed by atoms with van der Waals surface area (Å²) in [5, 5.41) is 12.4. The maximum absolute atomic E-state index is 14.3. The molecule has 2 aromatic heterocycles. The summed E-state index contributed by atoms with van der Waals surface area (Å²) in [6, 6.07) is 17.7. The van der Waals surface area contributed by atoms with E-state index in [1.165, 1.54) is 6.07 Å². The van der Waals surface area contributed by atoms with Crippen molar-refractivity contribution in [2.24, 2.45) is 0 Å². The first-order chi connectivity index (χ1) is 15.6. The first-order valence-corrected chi connectivity index (χ1v) is 10.9. The van der Waals surface area contributed by atoms with Gasteiger partial charge in [0.25, 0.3) is 0 Å². The summed E-state index contributed by atoms with van der Waals surface area (Å²) in [5.74, 6) is -0.107. The number of rotatable bonds is 4. The SMILES string of the molecule is Oc1c([C@H](c2ccccn2)N2CCN(c3ccccc3F)CC2)cc(Cl)c2cccnc12. The predicted molar refractivity (Wildman–Crippen MR) is 125 cm³/mol. The van der Waals surface area contributed by atoms with Gasteiger partial charge in [0.15, 0.2) is 0 Å². The normalized spacial score (nSPS) is 15.8. The molecule has 0 spiro atoms. The van der Waals surface area contributed by atoms with Gasteiger partial charge in [-0.1, -0.05) is 29.8 Å². The third-order valence-corrected chi connectivity index (χ3v) is 6.29. The summed E-state index contributed by atoms with van der Waals surface area (Å²) in [5.41, 5.74) is 2.57. The molecule has 162 valence electrons. The van der Waals surface area contributed by atoms with E-state index in [1.54, 1.807) is 24.5 Å². The van der Waals surface area contributed by atoms with Gasteiger partial charge in [0.1, 0.15) is 17.1 Å². The van der Waals surface area contributed by atoms with Gasteiger partial charge in [0, 0.05) is 49.5 Å². The standard InChI is InChI=1S/C25H22ClFN4O/c26-19-16-18(25(32)23-17(19)6-5-11-29-23)24(21-8-3-4-10-28-21)31-14-12-30(13-15-31)22-9-2-1-7-20(22)27/h1-11,16,24,32H,12-15H2/t24-/m1/s1. The first kappa shape index (κ1) is 20.7. The Morgan fingerprint density at radius 1 is 0.906 bits per heavy atom. The lowest BCUT2D eigenvalue weighted by Crippen LogP contribution is -2.48. The van der Waals surface area contributed by atoms with Crippen LogP contribution in [0.1, 0.15) is 17.3 Å². The van der Waals surface area contributed by atoms with Gasteiger partial charge < -0.3 is 10.0 Å². The molecule has 0 bridgehead atoms. The fraction of sp³-hybridized carbons (Fsp3) is 0.200. The number of nitrogens with zero attached hydrogens (tertiary/aromatic N) is 4. The van der Waals surface area contributed by atoms with Crippen molar-refractivity contribution in [3.8, 4) is 5.75 Å². The highest BCUT2D eigenvalue weighted by Gasteiger charge is 2.31. The number of phenols is 1. The van der Waals surface area contributed by atoms with E-state index in [0.717, 1.165) is 5.69 Å². The monoisotopic (exact) mass is 448 g/mol. The molecule has 2 aromatic carbocycles. The number of fused-ring (bicyclic) bond motifs is 1. The summed E-state index contributed by atoms with van der Waals surface area (Å²) in [4.78, 5) is 13.2. The molecule has 7 heteroatoms. The van der Waals surface area contributed by atoms with Gasteiger partial charge in [-0.05, 0) is 42.5 Å². The Balaban J connectivity index is 1.52. The van der Waals surface area contributed by atoms with Crippen LogP contribution in [-0.2, 0) is 0 Å². The van der Waals surface area contributed by atoms with E-state index in [-0.39, 0.29) is 17.6 Å². The number of halogens is 2. The zero-order valence-corrected chi connectivity index (χ0v) is 18.1. The molecule has 4 aromatic rings. The number of pyridine rings is 2. The molecule has 0 unspecified atom stereocenters. The second-order valence-electron chi connectivity index (χ2n) is 7.83. The summed E-state index contributed by atoms with van der Waals surface area (Å²) in [7, 11) is 0. The summed E-state index contributed by atoms with van der Waals surface area (Å²) in [6.45, 7) is 2.66. The summed E-state index contributed by atoms with van der Waals surface area (Å²) < 4.78 is 14.3. The van der Waals surface area contributed by atoms with Crippen molar-refractivity contribution in [1.29, 1.82) is 0 Å². The molecule has 32 heavy (non-hydrogen) atoms. The van der Waals surface area contributed by atoms with Crippen molar-refractivity contribution in [3.63, 3.8) is 0 Å². The molecule has 1 N–H and O–H groups in total. The highest BCUT2D eigenvalue weighted by atomic mass is 35.5. The molecule has 1 aliphatic heterocycles. The molecule has 1 atom stereocenters. The number of aromatic hydroxyl groups is 1. The number of hydrogen-bond acceptors (Lipinski definition) is 5. The quantitative estimate of drug-likeness (QED) is 0.474. The number of piperazine rings is 1. The maximum Gasteiger partial charge on any atom is 0.147 e. The number of hydrogen-bond donors (Lipinski definition) is 1. The fourth-order valence-corrected chi connectivity index (χ4v) is 4.69. The first-order valence-electron chi connectivity index (χ1n) is 10.5. The number of para-hydroxylation sites is 1. The van der Waals surface area contributed by atoms with Crippen LogP contribution in [0.15, 0.2) is 73.1 Å². The molecule has 0 aliphatic carbocycles. The zero-order valence-electron chi connectivity index (χ0n) is 17.3. The smallest absolute Gasteiger partial charge is 0.147 e. The van der Waals surface area contributed by atoms with Crippen molar-refractivity contribution < 1.29 is 9.50 Å². The van der Waals surface area contributed by atoms with Gasteiger partial charge in [-0.15, -0.1) is 0 Å². The minimum absolute atomic E-state index is 0.109. The molecule has 0 amide bonds. The van der Waals surface area contributed by atoms with Crippen molar-refractivity contribution in [1.82, 2.24) is 14.9 Å². The Morgan fingerprint density at radius 3 is 2.41 bits per heavy atom. The Morgan fingerprint density at radius 2 is 1.66 bits per heavy atom. The van der Waals surface area contributed by atoms with Crippen LogP contribution in [0, 0.1) is 5.82 Å². The van der Waals surface area contributed by atoms with Crippen LogP contribution in [0.2, 0.25) is 5.02 Å². The molecule has 5 nitrogen and oxygen atoms in total. The number of benzene rings is 2. The summed E-state index contributed by atoms with van der Waals surface area (Å²) in [6.07, 6.45) is 3.39. The lowest BCUT2D eigenvalue weighted by molar-refractivity contribution is 0.206. The van der Waals surface area contributed by atoms with Crippen molar-refractivity contribution in [2.45, 2.75) is 6.04 Å². The van der Waals surface area contributed by atoms with Gasteiger partial charge >= 0.3 is 0 Å². The fourth-order valence-electron chi connectivity index (χ4n) is 4.42. The largest absolute Gasteiger partial charge is 0.505 e. The third kappa shape index (κ3) is 3.76. The molecular formula is C25H22ClFN4O. The molecule has 1 saturated heterocycles. The third-order valence-electron chi connectivity index (χ3n) is 5.98. The van der Waals surface area contributed by atoms with E-state index in [2.05, 4.69) is 19.8 Å². The van der Waals surface area contributed by atoms with Crippen molar-refractivity contribution >= 4 is 28.2 Å². The molecule has 1 aliphatic rings. The average molecular weight is 449 g/mol. The topological polar surface area (TPSA) is 52.5 Å². The lowest BCUT2D eigenvalue weighted by Gasteiger charge is -2.40. The predicted octanol–water partition coefficient (Wildman–Crippen LogP) is 5.04. The Hall–Kier alpha value is -3.22. The van der Waals surface area contributed by atoms with Crippen LogP contribution >= 0.6 is 11.6 Å². The van der Waals surface area contributed by atoms with Crippen LogP contribution in [0.3, 0.4) is 0 Å². The van der Waals surface area contributed by atoms with Crippen LogP contribution in [0.25, 0.3) is 10.9 Å². The molecule has 1 fully saturated rings. The highest BCUT2D eigenvalue weighted by Crippen LogP contribution is 2.40. The maximum atomic E-state index is 14.3. The molecular weight excluding hydrogens is 427 g/mol. The zero-order chi connectivity index (χ0) is 22.1. The van der Waals surface area contributed by atoms with Crippen LogP contribution in [-0.4, -0.2) is 46.2 Å². The average Bonchev–Trinajstić information content (AvgIpc) is 2.84. The van der Waals surface area contributed by atoms with Gasteiger partial charge in [-0.25, -0.2) is 4.39 Å². The lowest BCUT2D eigenvalue weighted by atomic mass is 9.97. The number of phenolic OH excluding ortho intramolecular Hbond substituents is 1. The van der Waals surface area contributed by atoms with Crippen LogP contribution < -0.4 is 4.90 Å².